The molecule has 0 spiro atoms. The van der Waals surface area contributed by atoms with Crippen LogP contribution in [0.15, 0.2) is 36.7 Å². The van der Waals surface area contributed by atoms with E-state index in [9.17, 15) is 4.79 Å². The fourth-order valence-corrected chi connectivity index (χ4v) is 2.23. The van der Waals surface area contributed by atoms with E-state index in [1.807, 2.05) is 30.3 Å². The standard InChI is InChI=1S/C18H21N5O3/c1-18(2,3)16(24)26-11-23-10-20-14-13(23)15(22-17(19)21-14)25-9-12-7-5-4-6-8-12/h4-8,10H,9,11H2,1-3H3,(H2,19,21,22). The van der Waals surface area contributed by atoms with Crippen LogP contribution in [0.2, 0.25) is 0 Å². The summed E-state index contributed by atoms with van der Waals surface area (Å²) in [5.41, 5.74) is 7.05. The van der Waals surface area contributed by atoms with Crippen LogP contribution in [0.5, 0.6) is 5.88 Å². The second kappa shape index (κ2) is 6.99. The molecule has 2 heterocycles. The number of benzene rings is 1. The molecule has 0 saturated heterocycles. The minimum absolute atomic E-state index is 0.0123. The molecule has 8 heteroatoms. The van der Waals surface area contributed by atoms with Gasteiger partial charge in [-0.2, -0.15) is 9.97 Å². The molecule has 3 rings (SSSR count). The Labute approximate surface area is 151 Å². The number of hydrogen-bond donors (Lipinski definition) is 1. The highest BCUT2D eigenvalue weighted by molar-refractivity contribution is 5.78. The second-order valence-corrected chi connectivity index (χ2v) is 6.86. The average molecular weight is 355 g/mol. The molecule has 0 unspecified atom stereocenters. The van der Waals surface area contributed by atoms with Crippen molar-refractivity contribution in [1.82, 2.24) is 19.5 Å². The molecular weight excluding hydrogens is 334 g/mol. The monoisotopic (exact) mass is 355 g/mol. The number of ether oxygens (including phenoxy) is 2. The van der Waals surface area contributed by atoms with Crippen LogP contribution in [0.3, 0.4) is 0 Å². The molecule has 0 aliphatic carbocycles. The summed E-state index contributed by atoms with van der Waals surface area (Å²) < 4.78 is 12.8. The van der Waals surface area contributed by atoms with Crippen molar-refractivity contribution in [3.05, 3.63) is 42.2 Å². The van der Waals surface area contributed by atoms with Crippen molar-refractivity contribution < 1.29 is 14.3 Å². The van der Waals surface area contributed by atoms with Gasteiger partial charge in [0.05, 0.1) is 5.41 Å². The molecule has 26 heavy (non-hydrogen) atoms. The molecule has 8 nitrogen and oxygen atoms in total. The Hall–Kier alpha value is -3.16. The van der Waals surface area contributed by atoms with Gasteiger partial charge in [-0.3, -0.25) is 9.36 Å². The average Bonchev–Trinajstić information content (AvgIpc) is 3.00. The number of hydrogen-bond acceptors (Lipinski definition) is 7. The lowest BCUT2D eigenvalue weighted by Gasteiger charge is -2.17. The zero-order chi connectivity index (χ0) is 18.7. The van der Waals surface area contributed by atoms with Gasteiger partial charge in [0.2, 0.25) is 11.8 Å². The van der Waals surface area contributed by atoms with Gasteiger partial charge in [-0.05, 0) is 26.3 Å². The van der Waals surface area contributed by atoms with Crippen molar-refractivity contribution in [2.24, 2.45) is 5.41 Å². The van der Waals surface area contributed by atoms with Crippen LogP contribution in [0.1, 0.15) is 26.3 Å². The fraction of sp³-hybridized carbons (Fsp3) is 0.333. The molecule has 0 fully saturated rings. The number of nitrogens with two attached hydrogens (primary N) is 1. The van der Waals surface area contributed by atoms with Crippen molar-refractivity contribution in [2.45, 2.75) is 34.1 Å². The van der Waals surface area contributed by atoms with Gasteiger partial charge in [-0.25, -0.2) is 4.98 Å². The van der Waals surface area contributed by atoms with E-state index < -0.39 is 5.41 Å². The third-order valence-corrected chi connectivity index (χ3v) is 3.62. The predicted octanol–water partition coefficient (Wildman–Crippen LogP) is 2.53. The van der Waals surface area contributed by atoms with Gasteiger partial charge in [0.1, 0.15) is 12.9 Å². The quantitative estimate of drug-likeness (QED) is 0.701. The molecule has 2 N–H and O–H groups in total. The van der Waals surface area contributed by atoms with Crippen molar-refractivity contribution >= 4 is 23.1 Å². The summed E-state index contributed by atoms with van der Waals surface area (Å²) in [5.74, 6) is 0.0422. The highest BCUT2D eigenvalue weighted by atomic mass is 16.5. The van der Waals surface area contributed by atoms with E-state index >= 15 is 0 Å². The maximum absolute atomic E-state index is 12.0. The Kier molecular flexibility index (Phi) is 4.75. The summed E-state index contributed by atoms with van der Waals surface area (Å²) >= 11 is 0. The largest absolute Gasteiger partial charge is 0.471 e. The van der Waals surface area contributed by atoms with Gasteiger partial charge in [0, 0.05) is 0 Å². The lowest BCUT2D eigenvalue weighted by Crippen LogP contribution is -2.24. The van der Waals surface area contributed by atoms with Gasteiger partial charge in [0.15, 0.2) is 17.9 Å². The van der Waals surface area contributed by atoms with Crippen LogP contribution in [-0.4, -0.2) is 25.5 Å². The van der Waals surface area contributed by atoms with E-state index in [2.05, 4.69) is 15.0 Å². The zero-order valence-corrected chi connectivity index (χ0v) is 15.0. The summed E-state index contributed by atoms with van der Waals surface area (Å²) in [5, 5.41) is 0. The van der Waals surface area contributed by atoms with Crippen LogP contribution in [0.4, 0.5) is 5.95 Å². The third kappa shape index (κ3) is 3.90. The van der Waals surface area contributed by atoms with Crippen LogP contribution < -0.4 is 10.5 Å². The minimum atomic E-state index is -0.593. The first-order valence-corrected chi connectivity index (χ1v) is 8.17. The molecule has 0 saturated carbocycles. The van der Waals surface area contributed by atoms with E-state index in [0.29, 0.717) is 23.7 Å². The maximum atomic E-state index is 12.0. The molecule has 136 valence electrons. The molecule has 1 aromatic carbocycles. The number of carbonyl (C=O) groups excluding carboxylic acids is 1. The lowest BCUT2D eigenvalue weighted by atomic mass is 9.98. The Morgan fingerprint density at radius 3 is 2.62 bits per heavy atom. The van der Waals surface area contributed by atoms with Crippen LogP contribution >= 0.6 is 0 Å². The number of rotatable bonds is 5. The molecule has 0 aliphatic heterocycles. The molecule has 0 bridgehead atoms. The second-order valence-electron chi connectivity index (χ2n) is 6.86. The van der Waals surface area contributed by atoms with E-state index in [-0.39, 0.29) is 18.6 Å². The molecule has 2 aromatic heterocycles. The molecular formula is C18H21N5O3. The Morgan fingerprint density at radius 2 is 1.92 bits per heavy atom. The normalized spacial score (nSPS) is 11.5. The minimum Gasteiger partial charge on any atom is -0.471 e. The van der Waals surface area contributed by atoms with Gasteiger partial charge < -0.3 is 15.2 Å². The number of nitrogen functional groups attached to an aromatic ring is 1. The number of carbonyl (C=O) groups is 1. The van der Waals surface area contributed by atoms with Crippen LogP contribution in [0.25, 0.3) is 11.2 Å². The highest BCUT2D eigenvalue weighted by Crippen LogP contribution is 2.24. The van der Waals surface area contributed by atoms with Crippen LogP contribution in [0, 0.1) is 5.41 Å². The van der Waals surface area contributed by atoms with E-state index in [1.165, 1.54) is 6.33 Å². The van der Waals surface area contributed by atoms with Crippen molar-refractivity contribution in [3.63, 3.8) is 0 Å². The maximum Gasteiger partial charge on any atom is 0.312 e. The van der Waals surface area contributed by atoms with Gasteiger partial charge >= 0.3 is 5.97 Å². The number of anilines is 1. The molecule has 3 aromatic rings. The Bertz CT molecular complexity index is 916. The summed E-state index contributed by atoms with van der Waals surface area (Å²) in [6.45, 7) is 5.68. The van der Waals surface area contributed by atoms with Gasteiger partial charge in [0.25, 0.3) is 0 Å². The van der Waals surface area contributed by atoms with Crippen molar-refractivity contribution in [3.8, 4) is 5.88 Å². The van der Waals surface area contributed by atoms with E-state index in [0.717, 1.165) is 5.56 Å². The molecule has 0 atom stereocenters. The summed E-state index contributed by atoms with van der Waals surface area (Å²) in [6, 6.07) is 9.69. The number of esters is 1. The third-order valence-electron chi connectivity index (χ3n) is 3.62. The smallest absolute Gasteiger partial charge is 0.312 e. The van der Waals surface area contributed by atoms with E-state index in [4.69, 9.17) is 15.2 Å². The van der Waals surface area contributed by atoms with E-state index in [1.54, 1.807) is 25.3 Å². The first-order chi connectivity index (χ1) is 12.3. The Balaban J connectivity index is 1.85. The number of fused-ring (bicyclic) bond motifs is 1. The summed E-state index contributed by atoms with van der Waals surface area (Å²) in [4.78, 5) is 24.5. The molecule has 0 radical (unpaired) electrons. The SMILES string of the molecule is CC(C)(C)C(=O)OCn1cnc2nc(N)nc(OCc3ccccc3)c21. The predicted molar refractivity (Wildman–Crippen MR) is 96.1 cm³/mol. The zero-order valence-electron chi connectivity index (χ0n) is 15.0. The molecule has 0 amide bonds. The highest BCUT2D eigenvalue weighted by Gasteiger charge is 2.23. The number of nitrogens with zero attached hydrogens (tertiary/aromatic N) is 4. The van der Waals surface area contributed by atoms with Crippen molar-refractivity contribution in [1.29, 1.82) is 0 Å². The van der Waals surface area contributed by atoms with Crippen LogP contribution in [-0.2, 0) is 22.9 Å². The topological polar surface area (TPSA) is 105 Å². The van der Waals surface area contributed by atoms with Gasteiger partial charge in [-0.15, -0.1) is 0 Å². The van der Waals surface area contributed by atoms with Crippen molar-refractivity contribution in [2.75, 3.05) is 5.73 Å². The van der Waals surface area contributed by atoms with Gasteiger partial charge in [-0.1, -0.05) is 30.3 Å². The summed E-state index contributed by atoms with van der Waals surface area (Å²) in [7, 11) is 0. The number of aromatic nitrogens is 4. The number of imidazole rings is 1. The first-order valence-electron chi connectivity index (χ1n) is 8.17. The Morgan fingerprint density at radius 1 is 1.19 bits per heavy atom. The lowest BCUT2D eigenvalue weighted by molar-refractivity contribution is -0.156. The summed E-state index contributed by atoms with van der Waals surface area (Å²) in [6.07, 6.45) is 1.52. The fourth-order valence-electron chi connectivity index (χ4n) is 2.23. The first kappa shape index (κ1) is 17.7. The molecule has 0 aliphatic rings.